The molecule has 1 fully saturated rings. The fourth-order valence-electron chi connectivity index (χ4n) is 2.07. The number of nitrogens with zero attached hydrogens (tertiary/aromatic N) is 2. The highest BCUT2D eigenvalue weighted by Gasteiger charge is 2.35. The molecule has 0 aromatic carbocycles. The van der Waals surface area contributed by atoms with E-state index in [9.17, 15) is 18.0 Å². The standard InChI is InChI=1S/C11H20N2O5S/c1-8-4-5-13(9(6-8)11(15)16)10(14)7-12(2)19(3,17)18/h8-9H,4-7H2,1-3H3,(H,15,16). The Balaban J connectivity index is 2.77. The first kappa shape index (κ1) is 15.9. The second-order valence-electron chi connectivity index (χ2n) is 5.09. The van der Waals surface area contributed by atoms with Crippen LogP contribution in [0.25, 0.3) is 0 Å². The van der Waals surface area contributed by atoms with Crippen LogP contribution < -0.4 is 0 Å². The highest BCUT2D eigenvalue weighted by Crippen LogP contribution is 2.23. The number of carbonyl (C=O) groups excluding carboxylic acids is 1. The van der Waals surface area contributed by atoms with Crippen molar-refractivity contribution < 1.29 is 23.1 Å². The molecule has 2 atom stereocenters. The molecule has 0 aromatic heterocycles. The van der Waals surface area contributed by atoms with Crippen molar-refractivity contribution in [2.24, 2.45) is 5.92 Å². The third kappa shape index (κ3) is 4.17. The SMILES string of the molecule is CC1CCN(C(=O)CN(C)S(C)(=O)=O)C(C(=O)O)C1. The first-order chi connectivity index (χ1) is 8.62. The summed E-state index contributed by atoms with van der Waals surface area (Å²) in [7, 11) is -2.15. The van der Waals surface area contributed by atoms with Gasteiger partial charge in [-0.05, 0) is 18.8 Å². The van der Waals surface area contributed by atoms with Gasteiger partial charge in [-0.1, -0.05) is 6.92 Å². The lowest BCUT2D eigenvalue weighted by atomic mass is 9.92. The number of amides is 1. The van der Waals surface area contributed by atoms with E-state index in [4.69, 9.17) is 5.11 Å². The molecule has 19 heavy (non-hydrogen) atoms. The Morgan fingerprint density at radius 1 is 1.42 bits per heavy atom. The summed E-state index contributed by atoms with van der Waals surface area (Å²) in [6.07, 6.45) is 2.15. The molecule has 7 nitrogen and oxygen atoms in total. The molecule has 110 valence electrons. The predicted molar refractivity (Wildman–Crippen MR) is 69.0 cm³/mol. The van der Waals surface area contributed by atoms with Crippen molar-refractivity contribution in [1.29, 1.82) is 0 Å². The Kier molecular flexibility index (Phi) is 4.92. The molecular formula is C11H20N2O5S. The summed E-state index contributed by atoms with van der Waals surface area (Å²) in [5.41, 5.74) is 0. The smallest absolute Gasteiger partial charge is 0.326 e. The van der Waals surface area contributed by atoms with E-state index in [0.29, 0.717) is 13.0 Å². The zero-order chi connectivity index (χ0) is 14.8. The van der Waals surface area contributed by atoms with Gasteiger partial charge in [0.15, 0.2) is 0 Å². The summed E-state index contributed by atoms with van der Waals surface area (Å²) < 4.78 is 23.4. The summed E-state index contributed by atoms with van der Waals surface area (Å²) >= 11 is 0. The zero-order valence-electron chi connectivity index (χ0n) is 11.4. The van der Waals surface area contributed by atoms with E-state index in [2.05, 4.69) is 0 Å². The highest BCUT2D eigenvalue weighted by molar-refractivity contribution is 7.88. The Hall–Kier alpha value is -1.15. The molecular weight excluding hydrogens is 272 g/mol. The van der Waals surface area contributed by atoms with Crippen molar-refractivity contribution in [2.45, 2.75) is 25.8 Å². The summed E-state index contributed by atoms with van der Waals surface area (Å²) in [6, 6.07) is -0.857. The van der Waals surface area contributed by atoms with Gasteiger partial charge in [-0.3, -0.25) is 4.79 Å². The number of carbonyl (C=O) groups is 2. The number of piperidine rings is 1. The minimum atomic E-state index is -3.45. The first-order valence-corrected chi connectivity index (χ1v) is 7.91. The van der Waals surface area contributed by atoms with Gasteiger partial charge >= 0.3 is 5.97 Å². The van der Waals surface area contributed by atoms with E-state index in [-0.39, 0.29) is 12.5 Å². The molecule has 0 aliphatic carbocycles. The van der Waals surface area contributed by atoms with Crippen LogP contribution in [-0.4, -0.2) is 67.0 Å². The van der Waals surface area contributed by atoms with E-state index >= 15 is 0 Å². The molecule has 8 heteroatoms. The van der Waals surface area contributed by atoms with E-state index in [1.807, 2.05) is 6.92 Å². The second kappa shape index (κ2) is 5.87. The maximum Gasteiger partial charge on any atom is 0.326 e. The van der Waals surface area contributed by atoms with Gasteiger partial charge in [0.1, 0.15) is 6.04 Å². The zero-order valence-corrected chi connectivity index (χ0v) is 12.2. The van der Waals surface area contributed by atoms with Gasteiger partial charge in [-0.25, -0.2) is 13.2 Å². The predicted octanol–water partition coefficient (Wildman–Crippen LogP) is -0.410. The topological polar surface area (TPSA) is 95.0 Å². The van der Waals surface area contributed by atoms with Crippen molar-refractivity contribution in [1.82, 2.24) is 9.21 Å². The number of carboxylic acids is 1. The molecule has 2 unspecified atom stereocenters. The molecule has 1 heterocycles. The highest BCUT2D eigenvalue weighted by atomic mass is 32.2. The maximum absolute atomic E-state index is 12.0. The van der Waals surface area contributed by atoms with Crippen LogP contribution in [0.2, 0.25) is 0 Å². The molecule has 0 aromatic rings. The Morgan fingerprint density at radius 3 is 2.47 bits per heavy atom. The van der Waals surface area contributed by atoms with Crippen molar-refractivity contribution in [3.8, 4) is 0 Å². The first-order valence-electron chi connectivity index (χ1n) is 6.06. The van der Waals surface area contributed by atoms with Gasteiger partial charge < -0.3 is 10.0 Å². The third-order valence-corrected chi connectivity index (χ3v) is 4.66. The van der Waals surface area contributed by atoms with Crippen LogP contribution in [-0.2, 0) is 19.6 Å². The van der Waals surface area contributed by atoms with Crippen molar-refractivity contribution in [3.05, 3.63) is 0 Å². The number of likely N-dealkylation sites (N-methyl/N-ethyl adjacent to an activating group) is 1. The van der Waals surface area contributed by atoms with Crippen LogP contribution in [0.15, 0.2) is 0 Å². The summed E-state index contributed by atoms with van der Waals surface area (Å²) in [6.45, 7) is 1.98. The third-order valence-electron chi connectivity index (χ3n) is 3.39. The summed E-state index contributed by atoms with van der Waals surface area (Å²) in [4.78, 5) is 24.5. The quantitative estimate of drug-likeness (QED) is 0.760. The second-order valence-corrected chi connectivity index (χ2v) is 7.18. The number of rotatable bonds is 4. The molecule has 1 aliphatic rings. The minimum Gasteiger partial charge on any atom is -0.480 e. The van der Waals surface area contributed by atoms with Crippen molar-refractivity contribution in [3.63, 3.8) is 0 Å². The molecule has 1 rings (SSSR count). The maximum atomic E-state index is 12.0. The molecule has 1 amide bonds. The van der Waals surface area contributed by atoms with Crippen molar-refractivity contribution in [2.75, 3.05) is 26.4 Å². The summed E-state index contributed by atoms with van der Waals surface area (Å²) in [5.74, 6) is -1.26. The van der Waals surface area contributed by atoms with Crippen LogP contribution in [0.1, 0.15) is 19.8 Å². The molecule has 0 radical (unpaired) electrons. The molecule has 1 N–H and O–H groups in total. The van der Waals surface area contributed by atoms with Crippen LogP contribution in [0.3, 0.4) is 0 Å². The Bertz CT molecular complexity index is 462. The van der Waals surface area contributed by atoms with Gasteiger partial charge in [0, 0.05) is 13.6 Å². The fraction of sp³-hybridized carbons (Fsp3) is 0.818. The monoisotopic (exact) mass is 292 g/mol. The Labute approximate surface area is 113 Å². The largest absolute Gasteiger partial charge is 0.480 e. The lowest BCUT2D eigenvalue weighted by molar-refractivity contribution is -0.153. The number of likely N-dealkylation sites (tertiary alicyclic amines) is 1. The van der Waals surface area contributed by atoms with E-state index in [1.54, 1.807) is 0 Å². The van der Waals surface area contributed by atoms with Gasteiger partial charge in [-0.2, -0.15) is 4.31 Å². The Morgan fingerprint density at radius 2 is 2.00 bits per heavy atom. The van der Waals surface area contributed by atoms with Gasteiger partial charge in [0.05, 0.1) is 12.8 Å². The average Bonchev–Trinajstić information content (AvgIpc) is 2.27. The number of hydrogen-bond acceptors (Lipinski definition) is 4. The van der Waals surface area contributed by atoms with E-state index < -0.39 is 27.9 Å². The molecule has 1 saturated heterocycles. The molecule has 0 spiro atoms. The van der Waals surface area contributed by atoms with Gasteiger partial charge in [0.2, 0.25) is 15.9 Å². The van der Waals surface area contributed by atoms with Crippen LogP contribution in [0.4, 0.5) is 0 Å². The number of aliphatic carboxylic acids is 1. The van der Waals surface area contributed by atoms with Gasteiger partial charge in [-0.15, -0.1) is 0 Å². The lowest BCUT2D eigenvalue weighted by Crippen LogP contribution is -2.52. The van der Waals surface area contributed by atoms with Crippen LogP contribution in [0.5, 0.6) is 0 Å². The molecule has 0 saturated carbocycles. The van der Waals surface area contributed by atoms with Gasteiger partial charge in [0.25, 0.3) is 0 Å². The molecule has 0 bridgehead atoms. The van der Waals surface area contributed by atoms with Crippen LogP contribution >= 0.6 is 0 Å². The minimum absolute atomic E-state index is 0.248. The van der Waals surface area contributed by atoms with E-state index in [1.165, 1.54) is 11.9 Å². The lowest BCUT2D eigenvalue weighted by Gasteiger charge is -2.36. The van der Waals surface area contributed by atoms with E-state index in [0.717, 1.165) is 17.0 Å². The fourth-order valence-corrected chi connectivity index (χ4v) is 2.42. The number of sulfonamides is 1. The molecule has 1 aliphatic heterocycles. The van der Waals surface area contributed by atoms with Crippen LogP contribution in [0, 0.1) is 5.92 Å². The number of carboxylic acid groups (broad SMARTS) is 1. The summed E-state index contributed by atoms with van der Waals surface area (Å²) in [5, 5.41) is 9.14. The average molecular weight is 292 g/mol. The normalized spacial score (nSPS) is 24.5. The van der Waals surface area contributed by atoms with Crippen molar-refractivity contribution >= 4 is 21.9 Å². The number of hydrogen-bond donors (Lipinski definition) is 1.